The summed E-state index contributed by atoms with van der Waals surface area (Å²) in [5, 5.41) is 4.20. The largest absolute Gasteiger partial charge is 0.316 e. The fourth-order valence-electron chi connectivity index (χ4n) is 3.14. The van der Waals surface area contributed by atoms with Crippen molar-refractivity contribution in [1.29, 1.82) is 0 Å². The first kappa shape index (κ1) is 12.6. The number of nitrogens with zero attached hydrogens (tertiary/aromatic N) is 1. The Bertz CT molecular complexity index is 487. The molecule has 1 aromatic rings. The first-order valence-electron chi connectivity index (χ1n) is 6.48. The summed E-state index contributed by atoms with van der Waals surface area (Å²) < 4.78 is 0.725. The van der Waals surface area contributed by atoms with E-state index in [1.807, 2.05) is 12.3 Å². The van der Waals surface area contributed by atoms with Crippen molar-refractivity contribution in [1.82, 2.24) is 10.3 Å². The number of hydrogen-bond acceptors (Lipinski definition) is 2. The van der Waals surface area contributed by atoms with Gasteiger partial charge in [0.05, 0.1) is 5.02 Å². The number of halogens is 2. The molecule has 2 atom stereocenters. The summed E-state index contributed by atoms with van der Waals surface area (Å²) in [6, 6.07) is 2.03. The Hall–Kier alpha value is -0.380. The van der Waals surface area contributed by atoms with Crippen molar-refractivity contribution in [3.63, 3.8) is 0 Å². The lowest BCUT2D eigenvalue weighted by Gasteiger charge is -2.37. The summed E-state index contributed by atoms with van der Waals surface area (Å²) in [4.78, 5) is 4.31. The fraction of sp³-hybridized carbons (Fsp3) is 0.500. The van der Waals surface area contributed by atoms with Crippen molar-refractivity contribution >= 4 is 33.1 Å². The van der Waals surface area contributed by atoms with E-state index in [9.17, 15) is 0 Å². The van der Waals surface area contributed by atoms with E-state index in [1.54, 1.807) is 0 Å². The van der Waals surface area contributed by atoms with Crippen LogP contribution >= 0.6 is 27.5 Å². The van der Waals surface area contributed by atoms with Gasteiger partial charge in [0.1, 0.15) is 4.60 Å². The molecule has 1 fully saturated rings. The van der Waals surface area contributed by atoms with Crippen LogP contribution in [0.5, 0.6) is 0 Å². The van der Waals surface area contributed by atoms with E-state index in [2.05, 4.69) is 32.3 Å². The van der Waals surface area contributed by atoms with Crippen molar-refractivity contribution in [2.24, 2.45) is 11.8 Å². The number of allylic oxidation sites excluding steroid dienone is 1. The highest BCUT2D eigenvalue weighted by atomic mass is 79.9. The second-order valence-electron chi connectivity index (χ2n) is 5.09. The number of hydrogen-bond donors (Lipinski definition) is 1. The number of aromatic nitrogens is 1. The topological polar surface area (TPSA) is 24.9 Å². The molecule has 2 nitrogen and oxygen atoms in total. The molecular formula is C14H16BrClN2. The summed E-state index contributed by atoms with van der Waals surface area (Å²) in [5.74, 6) is 1.46. The van der Waals surface area contributed by atoms with E-state index >= 15 is 0 Å². The Morgan fingerprint density at radius 2 is 2.28 bits per heavy atom. The van der Waals surface area contributed by atoms with E-state index < -0.39 is 0 Å². The van der Waals surface area contributed by atoms with Crippen LogP contribution in [0.1, 0.15) is 24.8 Å². The fourth-order valence-corrected chi connectivity index (χ4v) is 3.52. The Labute approximate surface area is 121 Å². The Morgan fingerprint density at radius 3 is 3.11 bits per heavy atom. The number of nitrogens with one attached hydrogen (secondary N) is 1. The number of rotatable bonds is 1. The third kappa shape index (κ3) is 2.36. The average Bonchev–Trinajstić information content (AvgIpc) is 2.41. The standard InChI is InChI=1S/C14H16BrClN2/c15-14-13(16)6-10(7-18-14)11-3-1-2-9-4-5-17-8-12(9)11/h3,6-7,9,12,17H,1-2,4-5,8H2. The molecule has 0 aromatic carbocycles. The van der Waals surface area contributed by atoms with Gasteiger partial charge in [0.2, 0.25) is 0 Å². The molecule has 1 saturated heterocycles. The SMILES string of the molecule is Clc1cc(C2=CCCC3CCNCC23)cnc1Br. The Kier molecular flexibility index (Phi) is 3.73. The second-order valence-corrected chi connectivity index (χ2v) is 6.25. The maximum atomic E-state index is 6.16. The highest BCUT2D eigenvalue weighted by Crippen LogP contribution is 2.40. The highest BCUT2D eigenvalue weighted by Gasteiger charge is 2.30. The van der Waals surface area contributed by atoms with Crippen molar-refractivity contribution in [3.05, 3.63) is 33.5 Å². The van der Waals surface area contributed by atoms with E-state index in [0.717, 1.165) is 23.6 Å². The van der Waals surface area contributed by atoms with Crippen LogP contribution in [0.25, 0.3) is 5.57 Å². The van der Waals surface area contributed by atoms with Gasteiger partial charge in [0, 0.05) is 12.7 Å². The van der Waals surface area contributed by atoms with E-state index in [4.69, 9.17) is 11.6 Å². The van der Waals surface area contributed by atoms with E-state index in [1.165, 1.54) is 30.4 Å². The molecule has 2 heterocycles. The van der Waals surface area contributed by atoms with Crippen molar-refractivity contribution in [2.75, 3.05) is 13.1 Å². The molecule has 1 aliphatic carbocycles. The smallest absolute Gasteiger partial charge is 0.124 e. The quantitative estimate of drug-likeness (QED) is 0.791. The van der Waals surface area contributed by atoms with Gasteiger partial charge in [-0.05, 0) is 70.8 Å². The van der Waals surface area contributed by atoms with Crippen molar-refractivity contribution < 1.29 is 0 Å². The van der Waals surface area contributed by atoms with Gasteiger partial charge in [0.25, 0.3) is 0 Å². The lowest BCUT2D eigenvalue weighted by Crippen LogP contribution is -2.38. The molecule has 0 amide bonds. The summed E-state index contributed by atoms with van der Waals surface area (Å²) in [7, 11) is 0. The molecule has 0 radical (unpaired) electrons. The normalized spacial score (nSPS) is 27.6. The summed E-state index contributed by atoms with van der Waals surface area (Å²) in [6.45, 7) is 2.25. The summed E-state index contributed by atoms with van der Waals surface area (Å²) in [6.07, 6.45) is 8.10. The van der Waals surface area contributed by atoms with Gasteiger partial charge in [-0.15, -0.1) is 0 Å². The molecule has 0 spiro atoms. The lowest BCUT2D eigenvalue weighted by molar-refractivity contribution is 0.285. The minimum atomic E-state index is 0.631. The zero-order chi connectivity index (χ0) is 12.5. The van der Waals surface area contributed by atoms with Crippen LogP contribution in [0.4, 0.5) is 0 Å². The first-order chi connectivity index (χ1) is 8.75. The minimum absolute atomic E-state index is 0.631. The molecule has 3 rings (SSSR count). The maximum absolute atomic E-state index is 6.16. The highest BCUT2D eigenvalue weighted by molar-refractivity contribution is 9.10. The third-order valence-electron chi connectivity index (χ3n) is 4.06. The number of fused-ring (bicyclic) bond motifs is 1. The molecule has 1 aliphatic heterocycles. The number of piperidine rings is 1. The Morgan fingerprint density at radius 1 is 1.39 bits per heavy atom. The predicted octanol–water partition coefficient (Wildman–Crippen LogP) is 3.90. The lowest BCUT2D eigenvalue weighted by atomic mass is 9.73. The van der Waals surface area contributed by atoms with Gasteiger partial charge >= 0.3 is 0 Å². The summed E-state index contributed by atoms with van der Waals surface area (Å²) in [5.41, 5.74) is 2.61. The van der Waals surface area contributed by atoms with Gasteiger partial charge in [-0.1, -0.05) is 17.7 Å². The van der Waals surface area contributed by atoms with Crippen LogP contribution < -0.4 is 5.32 Å². The van der Waals surface area contributed by atoms with Crippen LogP contribution in [0.15, 0.2) is 22.9 Å². The molecule has 1 N–H and O–H groups in total. The molecule has 1 aromatic heterocycles. The average molecular weight is 328 g/mol. The van der Waals surface area contributed by atoms with Gasteiger partial charge in [-0.25, -0.2) is 4.98 Å². The van der Waals surface area contributed by atoms with Crippen LogP contribution in [0.3, 0.4) is 0 Å². The molecule has 4 heteroatoms. The molecule has 0 bridgehead atoms. The third-order valence-corrected chi connectivity index (χ3v) is 5.20. The van der Waals surface area contributed by atoms with Gasteiger partial charge in [-0.2, -0.15) is 0 Å². The van der Waals surface area contributed by atoms with Crippen LogP contribution in [0, 0.1) is 11.8 Å². The molecular weight excluding hydrogens is 312 g/mol. The molecule has 2 unspecified atom stereocenters. The zero-order valence-corrected chi connectivity index (χ0v) is 12.5. The van der Waals surface area contributed by atoms with E-state index in [0.29, 0.717) is 10.9 Å². The van der Waals surface area contributed by atoms with Gasteiger partial charge in [0.15, 0.2) is 0 Å². The Balaban J connectivity index is 1.94. The second kappa shape index (κ2) is 5.32. The predicted molar refractivity (Wildman–Crippen MR) is 78.6 cm³/mol. The van der Waals surface area contributed by atoms with Gasteiger partial charge < -0.3 is 5.32 Å². The summed E-state index contributed by atoms with van der Waals surface area (Å²) >= 11 is 9.50. The molecule has 2 aliphatic rings. The first-order valence-corrected chi connectivity index (χ1v) is 7.65. The zero-order valence-electron chi connectivity index (χ0n) is 10.1. The van der Waals surface area contributed by atoms with Crippen LogP contribution in [-0.2, 0) is 0 Å². The van der Waals surface area contributed by atoms with E-state index in [-0.39, 0.29) is 0 Å². The van der Waals surface area contributed by atoms with Crippen molar-refractivity contribution in [2.45, 2.75) is 19.3 Å². The minimum Gasteiger partial charge on any atom is -0.316 e. The van der Waals surface area contributed by atoms with Crippen molar-refractivity contribution in [3.8, 4) is 0 Å². The van der Waals surface area contributed by atoms with Crippen LogP contribution in [-0.4, -0.2) is 18.1 Å². The number of pyridine rings is 1. The molecule has 18 heavy (non-hydrogen) atoms. The maximum Gasteiger partial charge on any atom is 0.124 e. The van der Waals surface area contributed by atoms with Crippen LogP contribution in [0.2, 0.25) is 5.02 Å². The monoisotopic (exact) mass is 326 g/mol. The van der Waals surface area contributed by atoms with Gasteiger partial charge in [-0.3, -0.25) is 0 Å². The molecule has 96 valence electrons. The molecule has 0 saturated carbocycles.